The third-order valence-corrected chi connectivity index (χ3v) is 3.36. The fourth-order valence-corrected chi connectivity index (χ4v) is 2.40. The van der Waals surface area contributed by atoms with Crippen LogP contribution in [0.15, 0.2) is 36.4 Å². The van der Waals surface area contributed by atoms with Gasteiger partial charge in [-0.3, -0.25) is 4.79 Å². The number of rotatable bonds is 4. The number of benzene rings is 2. The van der Waals surface area contributed by atoms with Crippen molar-refractivity contribution in [1.29, 1.82) is 0 Å². The number of esters is 1. The van der Waals surface area contributed by atoms with Gasteiger partial charge in [0.2, 0.25) is 0 Å². The van der Waals surface area contributed by atoms with E-state index in [2.05, 4.69) is 5.32 Å². The topological polar surface area (TPSA) is 75.6 Å². The molecule has 0 fully saturated rings. The highest BCUT2D eigenvalue weighted by Gasteiger charge is 2.12. The number of hydrogen-bond donors (Lipinski definition) is 2. The SMILES string of the molecule is Cc1cc(C)c(NC(=O)COC(=O)c2cccc(O)c2)c(C)c1. The zero-order chi connectivity index (χ0) is 17.0. The Bertz CT molecular complexity index is 729. The third-order valence-electron chi connectivity index (χ3n) is 3.36. The molecule has 2 rings (SSSR count). The van der Waals surface area contributed by atoms with Crippen molar-refractivity contribution in [2.75, 3.05) is 11.9 Å². The Morgan fingerprint density at radius 1 is 1.09 bits per heavy atom. The molecule has 5 heteroatoms. The maximum absolute atomic E-state index is 12.0. The Balaban J connectivity index is 1.97. The molecule has 0 heterocycles. The van der Waals surface area contributed by atoms with Gasteiger partial charge in [0.1, 0.15) is 5.75 Å². The van der Waals surface area contributed by atoms with Gasteiger partial charge in [-0.15, -0.1) is 0 Å². The Kier molecular flexibility index (Phi) is 5.01. The number of carbonyl (C=O) groups excluding carboxylic acids is 2. The molecule has 0 aliphatic carbocycles. The summed E-state index contributed by atoms with van der Waals surface area (Å²) in [5.74, 6) is -1.10. The number of nitrogens with one attached hydrogen (secondary N) is 1. The van der Waals surface area contributed by atoms with Crippen molar-refractivity contribution >= 4 is 17.6 Å². The predicted octanol–water partition coefficient (Wildman–Crippen LogP) is 3.11. The van der Waals surface area contributed by atoms with E-state index in [9.17, 15) is 14.7 Å². The van der Waals surface area contributed by atoms with Crippen LogP contribution < -0.4 is 5.32 Å². The van der Waals surface area contributed by atoms with Crippen LogP contribution in [-0.4, -0.2) is 23.6 Å². The summed E-state index contributed by atoms with van der Waals surface area (Å²) in [7, 11) is 0. The van der Waals surface area contributed by atoms with Gasteiger partial charge in [0.25, 0.3) is 5.91 Å². The summed E-state index contributed by atoms with van der Waals surface area (Å²) < 4.78 is 4.96. The lowest BCUT2D eigenvalue weighted by Gasteiger charge is -2.13. The second-order valence-electron chi connectivity index (χ2n) is 5.45. The van der Waals surface area contributed by atoms with Gasteiger partial charge in [-0.25, -0.2) is 4.79 Å². The Morgan fingerprint density at radius 2 is 1.74 bits per heavy atom. The van der Waals surface area contributed by atoms with Gasteiger partial charge in [-0.1, -0.05) is 23.8 Å². The van der Waals surface area contributed by atoms with Gasteiger partial charge in [0.05, 0.1) is 5.56 Å². The van der Waals surface area contributed by atoms with Crippen molar-refractivity contribution in [3.63, 3.8) is 0 Å². The molecule has 0 saturated carbocycles. The third kappa shape index (κ3) is 4.32. The molecule has 0 aromatic heterocycles. The maximum Gasteiger partial charge on any atom is 0.338 e. The summed E-state index contributed by atoms with van der Waals surface area (Å²) in [4.78, 5) is 23.8. The largest absolute Gasteiger partial charge is 0.508 e. The summed E-state index contributed by atoms with van der Waals surface area (Å²) in [6.07, 6.45) is 0. The van der Waals surface area contributed by atoms with Crippen molar-refractivity contribution in [2.24, 2.45) is 0 Å². The first-order chi connectivity index (χ1) is 10.9. The number of amides is 1. The minimum atomic E-state index is -0.659. The van der Waals surface area contributed by atoms with Crippen molar-refractivity contribution in [1.82, 2.24) is 0 Å². The quantitative estimate of drug-likeness (QED) is 0.850. The van der Waals surface area contributed by atoms with Crippen molar-refractivity contribution in [2.45, 2.75) is 20.8 Å². The van der Waals surface area contributed by atoms with Crippen LogP contribution in [0.25, 0.3) is 0 Å². The van der Waals surface area contributed by atoms with E-state index in [1.807, 2.05) is 32.9 Å². The molecule has 0 bridgehead atoms. The van der Waals surface area contributed by atoms with Crippen LogP contribution in [-0.2, 0) is 9.53 Å². The molecule has 0 aliphatic heterocycles. The smallest absolute Gasteiger partial charge is 0.338 e. The summed E-state index contributed by atoms with van der Waals surface area (Å²) in [6, 6.07) is 9.73. The number of anilines is 1. The van der Waals surface area contributed by atoms with E-state index in [1.165, 1.54) is 24.3 Å². The van der Waals surface area contributed by atoms with Crippen LogP contribution in [0.5, 0.6) is 5.75 Å². The van der Waals surface area contributed by atoms with Crippen molar-refractivity contribution < 1.29 is 19.4 Å². The number of aryl methyl sites for hydroxylation is 3. The highest BCUT2D eigenvalue weighted by molar-refractivity contribution is 5.96. The van der Waals surface area contributed by atoms with Gasteiger partial charge in [-0.05, 0) is 50.1 Å². The second kappa shape index (κ2) is 6.96. The molecule has 0 spiro atoms. The molecule has 23 heavy (non-hydrogen) atoms. The standard InChI is InChI=1S/C18H19NO4/c1-11-7-12(2)17(13(3)8-11)19-16(21)10-23-18(22)14-5-4-6-15(20)9-14/h4-9,20H,10H2,1-3H3,(H,19,21). The number of carbonyl (C=O) groups is 2. The van der Waals surface area contributed by atoms with E-state index < -0.39 is 11.9 Å². The predicted molar refractivity (Wildman–Crippen MR) is 87.7 cm³/mol. The van der Waals surface area contributed by atoms with Crippen LogP contribution in [0, 0.1) is 20.8 Å². The highest BCUT2D eigenvalue weighted by Crippen LogP contribution is 2.21. The number of phenols is 1. The van der Waals surface area contributed by atoms with Gasteiger partial charge >= 0.3 is 5.97 Å². The van der Waals surface area contributed by atoms with E-state index in [0.29, 0.717) is 0 Å². The normalized spacial score (nSPS) is 10.2. The summed E-state index contributed by atoms with van der Waals surface area (Å²) >= 11 is 0. The van der Waals surface area contributed by atoms with Crippen LogP contribution in [0.1, 0.15) is 27.0 Å². The van der Waals surface area contributed by atoms with E-state index in [0.717, 1.165) is 22.4 Å². The molecule has 0 aliphatic rings. The van der Waals surface area contributed by atoms with E-state index in [1.54, 1.807) is 0 Å². The molecule has 0 saturated heterocycles. The molecule has 0 atom stereocenters. The first-order valence-corrected chi connectivity index (χ1v) is 7.20. The summed E-state index contributed by atoms with van der Waals surface area (Å²) in [5, 5.41) is 12.1. The Labute approximate surface area is 134 Å². The van der Waals surface area contributed by atoms with Gasteiger partial charge < -0.3 is 15.2 Å². The zero-order valence-corrected chi connectivity index (χ0v) is 13.3. The molecule has 1 amide bonds. The first-order valence-electron chi connectivity index (χ1n) is 7.20. The van der Waals surface area contributed by atoms with Crippen molar-refractivity contribution in [3.05, 3.63) is 58.7 Å². The van der Waals surface area contributed by atoms with E-state index in [-0.39, 0.29) is 17.9 Å². The molecular formula is C18H19NO4. The lowest BCUT2D eigenvalue weighted by atomic mass is 10.1. The van der Waals surface area contributed by atoms with Gasteiger partial charge in [-0.2, -0.15) is 0 Å². The van der Waals surface area contributed by atoms with E-state index >= 15 is 0 Å². The van der Waals surface area contributed by atoms with Gasteiger partial charge in [0.15, 0.2) is 6.61 Å². The summed E-state index contributed by atoms with van der Waals surface area (Å²) in [6.45, 7) is 5.42. The lowest BCUT2D eigenvalue weighted by molar-refractivity contribution is -0.119. The monoisotopic (exact) mass is 313 g/mol. The van der Waals surface area contributed by atoms with Crippen LogP contribution in [0.4, 0.5) is 5.69 Å². The van der Waals surface area contributed by atoms with Gasteiger partial charge in [0, 0.05) is 5.69 Å². The average Bonchev–Trinajstić information content (AvgIpc) is 2.48. The molecule has 2 aromatic rings. The molecule has 0 radical (unpaired) electrons. The maximum atomic E-state index is 12.0. The fourth-order valence-electron chi connectivity index (χ4n) is 2.40. The Hall–Kier alpha value is -2.82. The van der Waals surface area contributed by atoms with Crippen LogP contribution in [0.2, 0.25) is 0 Å². The molecule has 0 unspecified atom stereocenters. The van der Waals surface area contributed by atoms with E-state index in [4.69, 9.17) is 4.74 Å². The highest BCUT2D eigenvalue weighted by atomic mass is 16.5. The first kappa shape index (κ1) is 16.5. The molecule has 5 nitrogen and oxygen atoms in total. The fraction of sp³-hybridized carbons (Fsp3) is 0.222. The van der Waals surface area contributed by atoms with Crippen LogP contribution >= 0.6 is 0 Å². The summed E-state index contributed by atoms with van der Waals surface area (Å²) in [5.41, 5.74) is 3.95. The number of phenolic OH excluding ortho intramolecular Hbond substituents is 1. The number of hydrogen-bond acceptors (Lipinski definition) is 4. The molecule has 120 valence electrons. The minimum absolute atomic E-state index is 0.0326. The Morgan fingerprint density at radius 3 is 2.35 bits per heavy atom. The lowest BCUT2D eigenvalue weighted by Crippen LogP contribution is -2.21. The zero-order valence-electron chi connectivity index (χ0n) is 13.3. The van der Waals surface area contributed by atoms with Crippen LogP contribution in [0.3, 0.4) is 0 Å². The average molecular weight is 313 g/mol. The van der Waals surface area contributed by atoms with Crippen molar-refractivity contribution in [3.8, 4) is 5.75 Å². The number of ether oxygens (including phenoxy) is 1. The molecule has 2 aromatic carbocycles. The molecular weight excluding hydrogens is 294 g/mol. The second-order valence-corrected chi connectivity index (χ2v) is 5.45. The molecule has 2 N–H and O–H groups in total. The minimum Gasteiger partial charge on any atom is -0.508 e. The number of aromatic hydroxyl groups is 1.